The van der Waals surface area contributed by atoms with Crippen LogP contribution in [-0.2, 0) is 0 Å². The molecule has 0 radical (unpaired) electrons. The number of anilines is 1. The van der Waals surface area contributed by atoms with Crippen molar-refractivity contribution in [1.82, 2.24) is 0 Å². The molecule has 0 spiro atoms. The highest BCUT2D eigenvalue weighted by atomic mass is 32.2. The van der Waals surface area contributed by atoms with Gasteiger partial charge >= 0.3 is 0 Å². The lowest BCUT2D eigenvalue weighted by Crippen LogP contribution is -1.90. The fourth-order valence-electron chi connectivity index (χ4n) is 1.22. The van der Waals surface area contributed by atoms with Crippen LogP contribution in [0.1, 0.15) is 45.7 Å². The predicted octanol–water partition coefficient (Wildman–Crippen LogP) is 5.87. The van der Waals surface area contributed by atoms with Crippen molar-refractivity contribution in [2.75, 3.05) is 5.73 Å². The molecule has 0 aliphatic heterocycles. The Bertz CT molecular complexity index is 367. The minimum absolute atomic E-state index is 0.841. The van der Waals surface area contributed by atoms with Crippen LogP contribution in [0.25, 0.3) is 4.91 Å². The summed E-state index contributed by atoms with van der Waals surface area (Å²) in [5, 5.41) is 1.83. The highest BCUT2D eigenvalue weighted by molar-refractivity contribution is 8.10. The van der Waals surface area contributed by atoms with Gasteiger partial charge in [-0.25, -0.2) is 0 Å². The standard InChI is InChI=1S/C12H15NS.2C2H6/c1-4-12(14-5-2)10-6-7-11(13)9(3)8-10;2*1-2/h4-8H,2,13H2,1,3H3;2*1-2H3/b12-4-;;. The lowest BCUT2D eigenvalue weighted by atomic mass is 10.1. The maximum Gasteiger partial charge on any atom is 0.0344 e. The van der Waals surface area contributed by atoms with Gasteiger partial charge in [0.2, 0.25) is 0 Å². The van der Waals surface area contributed by atoms with Gasteiger partial charge in [-0.3, -0.25) is 0 Å². The molecule has 0 aromatic heterocycles. The zero-order valence-corrected chi connectivity index (χ0v) is 13.4. The molecule has 1 aromatic rings. The molecule has 18 heavy (non-hydrogen) atoms. The highest BCUT2D eigenvalue weighted by Gasteiger charge is 2.01. The van der Waals surface area contributed by atoms with Crippen molar-refractivity contribution in [3.05, 3.63) is 47.4 Å². The van der Waals surface area contributed by atoms with Crippen molar-refractivity contribution >= 4 is 22.4 Å². The van der Waals surface area contributed by atoms with E-state index in [0.29, 0.717) is 0 Å². The molecule has 1 rings (SSSR count). The molecule has 0 saturated heterocycles. The molecule has 0 fully saturated rings. The van der Waals surface area contributed by atoms with Crippen LogP contribution in [0.3, 0.4) is 0 Å². The molecule has 2 heteroatoms. The molecular weight excluding hydrogens is 238 g/mol. The van der Waals surface area contributed by atoms with Crippen molar-refractivity contribution in [2.45, 2.75) is 41.5 Å². The van der Waals surface area contributed by atoms with Crippen LogP contribution in [-0.4, -0.2) is 0 Å². The second kappa shape index (κ2) is 12.3. The summed E-state index contributed by atoms with van der Waals surface area (Å²) < 4.78 is 0. The Morgan fingerprint density at radius 1 is 1.22 bits per heavy atom. The molecule has 0 unspecified atom stereocenters. The number of rotatable bonds is 3. The van der Waals surface area contributed by atoms with E-state index in [2.05, 4.69) is 18.7 Å². The number of aryl methyl sites for hydroxylation is 1. The van der Waals surface area contributed by atoms with Gasteiger partial charge in [0.1, 0.15) is 0 Å². The van der Waals surface area contributed by atoms with E-state index in [1.54, 1.807) is 11.8 Å². The molecule has 0 aliphatic carbocycles. The molecule has 2 N–H and O–H groups in total. The predicted molar refractivity (Wildman–Crippen MR) is 89.7 cm³/mol. The molecule has 0 saturated carbocycles. The van der Waals surface area contributed by atoms with Crippen molar-refractivity contribution in [1.29, 1.82) is 0 Å². The zero-order valence-electron chi connectivity index (χ0n) is 12.6. The third-order valence-electron chi connectivity index (χ3n) is 2.03. The smallest absolute Gasteiger partial charge is 0.0344 e. The molecular formula is C16H27NS. The first-order valence-electron chi connectivity index (χ1n) is 6.49. The van der Waals surface area contributed by atoms with E-state index < -0.39 is 0 Å². The summed E-state index contributed by atoms with van der Waals surface area (Å²) in [6.07, 6.45) is 2.08. The SMILES string of the molecule is C=CS/C(=C\C)c1ccc(N)c(C)c1.CC.CC. The topological polar surface area (TPSA) is 26.0 Å². The Hall–Kier alpha value is -1.15. The summed E-state index contributed by atoms with van der Waals surface area (Å²) in [7, 11) is 0. The van der Waals surface area contributed by atoms with Crippen molar-refractivity contribution < 1.29 is 0 Å². The molecule has 1 nitrogen and oxygen atoms in total. The first-order valence-corrected chi connectivity index (χ1v) is 7.37. The molecule has 1 aromatic carbocycles. The van der Waals surface area contributed by atoms with Crippen LogP contribution < -0.4 is 5.73 Å². The lowest BCUT2D eigenvalue weighted by molar-refractivity contribution is 1.45. The molecule has 0 heterocycles. The van der Waals surface area contributed by atoms with Gasteiger partial charge in [0, 0.05) is 10.6 Å². The van der Waals surface area contributed by atoms with Gasteiger partial charge in [-0.2, -0.15) is 0 Å². The average molecular weight is 265 g/mol. The van der Waals surface area contributed by atoms with Gasteiger partial charge in [-0.1, -0.05) is 58.2 Å². The van der Waals surface area contributed by atoms with E-state index >= 15 is 0 Å². The van der Waals surface area contributed by atoms with Crippen molar-refractivity contribution in [2.24, 2.45) is 0 Å². The Morgan fingerprint density at radius 2 is 1.78 bits per heavy atom. The third kappa shape index (κ3) is 6.55. The zero-order chi connectivity index (χ0) is 14.6. The van der Waals surface area contributed by atoms with Gasteiger partial charge in [0.05, 0.1) is 0 Å². The maximum atomic E-state index is 5.76. The first-order chi connectivity index (χ1) is 8.69. The summed E-state index contributed by atoms with van der Waals surface area (Å²) in [5.41, 5.74) is 8.91. The second-order valence-corrected chi connectivity index (χ2v) is 4.02. The van der Waals surface area contributed by atoms with Crippen molar-refractivity contribution in [3.63, 3.8) is 0 Å². The minimum atomic E-state index is 0.841. The van der Waals surface area contributed by atoms with E-state index in [4.69, 9.17) is 5.73 Å². The molecule has 0 bridgehead atoms. The fraction of sp³-hybridized carbons (Fsp3) is 0.375. The molecule has 0 aliphatic rings. The van der Waals surface area contributed by atoms with Crippen LogP contribution in [0.5, 0.6) is 0 Å². The second-order valence-electron chi connectivity index (χ2n) is 3.01. The summed E-state index contributed by atoms with van der Waals surface area (Å²) in [6.45, 7) is 15.8. The summed E-state index contributed by atoms with van der Waals surface area (Å²) in [5.74, 6) is 0. The number of hydrogen-bond donors (Lipinski definition) is 1. The van der Waals surface area contributed by atoms with Gasteiger partial charge in [0.25, 0.3) is 0 Å². The van der Waals surface area contributed by atoms with Gasteiger partial charge < -0.3 is 5.73 Å². The lowest BCUT2D eigenvalue weighted by Gasteiger charge is -2.06. The molecule has 102 valence electrons. The van der Waals surface area contributed by atoms with E-state index in [9.17, 15) is 0 Å². The van der Waals surface area contributed by atoms with Gasteiger partial charge in [0.15, 0.2) is 0 Å². The van der Waals surface area contributed by atoms with Gasteiger partial charge in [-0.15, -0.1) is 0 Å². The van der Waals surface area contributed by atoms with Crippen LogP contribution in [0.4, 0.5) is 5.69 Å². The molecule has 0 amide bonds. The number of hydrogen-bond acceptors (Lipinski definition) is 2. The van der Waals surface area contributed by atoms with Crippen LogP contribution >= 0.6 is 11.8 Å². The van der Waals surface area contributed by atoms with Crippen LogP contribution in [0.2, 0.25) is 0 Å². The van der Waals surface area contributed by atoms with Gasteiger partial charge in [-0.05, 0) is 42.5 Å². The number of nitrogens with two attached hydrogens (primary N) is 1. The van der Waals surface area contributed by atoms with E-state index in [1.807, 2.05) is 59.1 Å². The summed E-state index contributed by atoms with van der Waals surface area (Å²) >= 11 is 1.63. The largest absolute Gasteiger partial charge is 0.399 e. The van der Waals surface area contributed by atoms with Crippen LogP contribution in [0.15, 0.2) is 36.3 Å². The normalized spacial score (nSPS) is 9.56. The van der Waals surface area contributed by atoms with E-state index in [-0.39, 0.29) is 0 Å². The number of allylic oxidation sites excluding steroid dienone is 1. The number of nitrogen functional groups attached to an aromatic ring is 1. The quantitative estimate of drug-likeness (QED) is 0.692. The third-order valence-corrected chi connectivity index (χ3v) is 2.92. The van der Waals surface area contributed by atoms with E-state index in [0.717, 1.165) is 11.3 Å². The number of thioether (sulfide) groups is 1. The Labute approximate surface area is 117 Å². The fourth-order valence-corrected chi connectivity index (χ4v) is 1.80. The Balaban J connectivity index is 0. The van der Waals surface area contributed by atoms with Crippen LogP contribution in [0, 0.1) is 6.92 Å². The van der Waals surface area contributed by atoms with Crippen molar-refractivity contribution in [3.8, 4) is 0 Å². The Morgan fingerprint density at radius 3 is 2.17 bits per heavy atom. The summed E-state index contributed by atoms with van der Waals surface area (Å²) in [6, 6.07) is 6.08. The average Bonchev–Trinajstić information content (AvgIpc) is 2.44. The summed E-state index contributed by atoms with van der Waals surface area (Å²) in [4.78, 5) is 1.21. The minimum Gasteiger partial charge on any atom is -0.399 e. The number of benzene rings is 1. The highest BCUT2D eigenvalue weighted by Crippen LogP contribution is 2.29. The molecule has 0 atom stereocenters. The van der Waals surface area contributed by atoms with E-state index in [1.165, 1.54) is 10.5 Å². The Kier molecular flexibility index (Phi) is 13.1. The first kappa shape index (κ1) is 19.2. The maximum absolute atomic E-state index is 5.76. The monoisotopic (exact) mass is 265 g/mol.